The lowest BCUT2D eigenvalue weighted by Gasteiger charge is -2.05. The van der Waals surface area contributed by atoms with Crippen LogP contribution < -0.4 is 0 Å². The van der Waals surface area contributed by atoms with Crippen LogP contribution in [0.15, 0.2) is 30.5 Å². The number of rotatable bonds is 1. The van der Waals surface area contributed by atoms with Crippen molar-refractivity contribution in [1.82, 2.24) is 19.5 Å². The molecule has 18 heavy (non-hydrogen) atoms. The van der Waals surface area contributed by atoms with Crippen molar-refractivity contribution in [2.24, 2.45) is 0 Å². The SMILES string of the molecule is Cc1cccc(-n2c(Cl)nc3cnc(Cl)nc32)c1. The van der Waals surface area contributed by atoms with Gasteiger partial charge >= 0.3 is 0 Å². The van der Waals surface area contributed by atoms with E-state index in [1.165, 1.54) is 0 Å². The van der Waals surface area contributed by atoms with Crippen molar-refractivity contribution in [2.75, 3.05) is 0 Å². The molecule has 6 heteroatoms. The second kappa shape index (κ2) is 4.23. The minimum atomic E-state index is 0.174. The molecule has 0 fully saturated rings. The zero-order valence-corrected chi connectivity index (χ0v) is 10.9. The number of fused-ring (bicyclic) bond motifs is 1. The van der Waals surface area contributed by atoms with Crippen LogP contribution in [0.2, 0.25) is 10.6 Å². The van der Waals surface area contributed by atoms with Gasteiger partial charge in [-0.3, -0.25) is 4.57 Å². The van der Waals surface area contributed by atoms with Crippen molar-refractivity contribution >= 4 is 34.4 Å². The Hall–Kier alpha value is -1.65. The first kappa shape index (κ1) is 11.4. The van der Waals surface area contributed by atoms with Crippen LogP contribution in [0, 0.1) is 6.92 Å². The second-order valence-corrected chi connectivity index (χ2v) is 4.58. The van der Waals surface area contributed by atoms with Gasteiger partial charge in [-0.15, -0.1) is 0 Å². The molecule has 90 valence electrons. The van der Waals surface area contributed by atoms with Crippen LogP contribution >= 0.6 is 23.2 Å². The highest BCUT2D eigenvalue weighted by Gasteiger charge is 2.13. The lowest BCUT2D eigenvalue weighted by atomic mass is 10.2. The Balaban J connectivity index is 2.34. The number of aryl methyl sites for hydroxylation is 1. The number of nitrogens with zero attached hydrogens (tertiary/aromatic N) is 4. The van der Waals surface area contributed by atoms with Gasteiger partial charge in [-0.2, -0.15) is 4.98 Å². The summed E-state index contributed by atoms with van der Waals surface area (Å²) >= 11 is 12.0. The summed E-state index contributed by atoms with van der Waals surface area (Å²) in [5.74, 6) is 0. The van der Waals surface area contributed by atoms with E-state index in [2.05, 4.69) is 15.0 Å². The van der Waals surface area contributed by atoms with Crippen LogP contribution in [0.3, 0.4) is 0 Å². The predicted octanol–water partition coefficient (Wildman–Crippen LogP) is 3.43. The molecule has 3 rings (SSSR count). The fourth-order valence-corrected chi connectivity index (χ4v) is 2.22. The maximum Gasteiger partial charge on any atom is 0.224 e. The monoisotopic (exact) mass is 278 g/mol. The van der Waals surface area contributed by atoms with Crippen molar-refractivity contribution in [2.45, 2.75) is 6.92 Å². The summed E-state index contributed by atoms with van der Waals surface area (Å²) < 4.78 is 1.75. The molecule has 2 heterocycles. The van der Waals surface area contributed by atoms with Gasteiger partial charge in [0.2, 0.25) is 10.6 Å². The van der Waals surface area contributed by atoms with Crippen LogP contribution in [-0.2, 0) is 0 Å². The molecule has 0 aliphatic carbocycles. The summed E-state index contributed by atoms with van der Waals surface area (Å²) in [6, 6.07) is 7.91. The van der Waals surface area contributed by atoms with E-state index in [4.69, 9.17) is 23.2 Å². The van der Waals surface area contributed by atoms with E-state index in [0.717, 1.165) is 11.3 Å². The Morgan fingerprint density at radius 2 is 2.00 bits per heavy atom. The van der Waals surface area contributed by atoms with Crippen LogP contribution in [0.5, 0.6) is 0 Å². The number of aromatic nitrogens is 4. The Morgan fingerprint density at radius 3 is 2.78 bits per heavy atom. The Kier molecular flexibility index (Phi) is 2.69. The molecule has 0 saturated carbocycles. The van der Waals surface area contributed by atoms with Gasteiger partial charge in [0.1, 0.15) is 5.52 Å². The van der Waals surface area contributed by atoms with Crippen LogP contribution in [0.25, 0.3) is 16.9 Å². The molecule has 4 nitrogen and oxygen atoms in total. The molecule has 2 aromatic heterocycles. The van der Waals surface area contributed by atoms with E-state index >= 15 is 0 Å². The zero-order chi connectivity index (χ0) is 12.7. The molecule has 0 atom stereocenters. The maximum absolute atomic E-state index is 6.15. The highest BCUT2D eigenvalue weighted by molar-refractivity contribution is 6.30. The molecule has 0 aliphatic heterocycles. The van der Waals surface area contributed by atoms with Gasteiger partial charge in [-0.05, 0) is 47.8 Å². The Labute approximate surface area is 113 Å². The lowest BCUT2D eigenvalue weighted by Crippen LogP contribution is -1.96. The van der Waals surface area contributed by atoms with E-state index in [1.54, 1.807) is 10.8 Å². The van der Waals surface area contributed by atoms with Gasteiger partial charge in [-0.1, -0.05) is 12.1 Å². The number of benzene rings is 1. The van der Waals surface area contributed by atoms with Gasteiger partial charge in [0.25, 0.3) is 0 Å². The first-order chi connectivity index (χ1) is 8.65. The van der Waals surface area contributed by atoms with Gasteiger partial charge in [-0.25, -0.2) is 9.97 Å². The summed E-state index contributed by atoms with van der Waals surface area (Å²) in [6.45, 7) is 2.01. The third-order valence-corrected chi connectivity index (χ3v) is 3.03. The number of hydrogen-bond acceptors (Lipinski definition) is 3. The van der Waals surface area contributed by atoms with Crippen molar-refractivity contribution in [3.8, 4) is 5.69 Å². The van der Waals surface area contributed by atoms with E-state index in [0.29, 0.717) is 16.4 Å². The van der Waals surface area contributed by atoms with E-state index in [9.17, 15) is 0 Å². The van der Waals surface area contributed by atoms with Crippen molar-refractivity contribution in [3.63, 3.8) is 0 Å². The van der Waals surface area contributed by atoms with Crippen molar-refractivity contribution < 1.29 is 0 Å². The number of imidazole rings is 1. The molecule has 0 radical (unpaired) electrons. The smallest absolute Gasteiger partial charge is 0.224 e. The molecular weight excluding hydrogens is 271 g/mol. The van der Waals surface area contributed by atoms with E-state index < -0.39 is 0 Å². The summed E-state index contributed by atoms with van der Waals surface area (Å²) in [7, 11) is 0. The molecular formula is C12H8Cl2N4. The molecule has 3 aromatic rings. The number of halogens is 2. The zero-order valence-electron chi connectivity index (χ0n) is 9.43. The summed E-state index contributed by atoms with van der Waals surface area (Å²) in [5, 5.41) is 0.514. The molecule has 0 unspecified atom stereocenters. The topological polar surface area (TPSA) is 43.6 Å². The summed E-state index contributed by atoms with van der Waals surface area (Å²) in [4.78, 5) is 12.3. The third-order valence-electron chi connectivity index (χ3n) is 2.59. The van der Waals surface area contributed by atoms with Gasteiger partial charge in [0.15, 0.2) is 5.65 Å². The Bertz CT molecular complexity index is 736. The number of hydrogen-bond donors (Lipinski definition) is 0. The second-order valence-electron chi connectivity index (χ2n) is 3.90. The summed E-state index contributed by atoms with van der Waals surface area (Å²) in [6.07, 6.45) is 1.56. The highest BCUT2D eigenvalue weighted by Crippen LogP contribution is 2.24. The minimum Gasteiger partial charge on any atom is -0.267 e. The lowest BCUT2D eigenvalue weighted by molar-refractivity contribution is 1.06. The quantitative estimate of drug-likeness (QED) is 0.506. The molecule has 0 aliphatic rings. The normalized spacial score (nSPS) is 11.1. The first-order valence-corrected chi connectivity index (χ1v) is 6.04. The van der Waals surface area contributed by atoms with Gasteiger partial charge < -0.3 is 0 Å². The van der Waals surface area contributed by atoms with Crippen LogP contribution in [-0.4, -0.2) is 19.5 Å². The average molecular weight is 279 g/mol. The van der Waals surface area contributed by atoms with Crippen molar-refractivity contribution in [1.29, 1.82) is 0 Å². The van der Waals surface area contributed by atoms with Gasteiger partial charge in [0.05, 0.1) is 11.9 Å². The predicted molar refractivity (Wildman–Crippen MR) is 71.4 cm³/mol. The fraction of sp³-hybridized carbons (Fsp3) is 0.0833. The highest BCUT2D eigenvalue weighted by atomic mass is 35.5. The van der Waals surface area contributed by atoms with Crippen LogP contribution in [0.1, 0.15) is 5.56 Å². The first-order valence-electron chi connectivity index (χ1n) is 5.29. The molecule has 1 aromatic carbocycles. The van der Waals surface area contributed by atoms with E-state index in [1.807, 2.05) is 31.2 Å². The average Bonchev–Trinajstić information content (AvgIpc) is 2.64. The van der Waals surface area contributed by atoms with Crippen LogP contribution in [0.4, 0.5) is 0 Å². The van der Waals surface area contributed by atoms with E-state index in [-0.39, 0.29) is 5.28 Å². The Morgan fingerprint density at radius 1 is 1.17 bits per heavy atom. The maximum atomic E-state index is 6.15. The third kappa shape index (κ3) is 1.83. The molecule has 0 bridgehead atoms. The molecule has 0 amide bonds. The minimum absolute atomic E-state index is 0.174. The standard InChI is InChI=1S/C12H8Cl2N4/c1-7-3-2-4-8(5-7)18-10-9(16-12(18)14)6-15-11(13)17-10/h2-6H,1H3. The molecule has 0 N–H and O–H groups in total. The molecule has 0 spiro atoms. The van der Waals surface area contributed by atoms with Crippen molar-refractivity contribution in [3.05, 3.63) is 46.6 Å². The summed E-state index contributed by atoms with van der Waals surface area (Å²) in [5.41, 5.74) is 3.25. The molecule has 0 saturated heterocycles. The fourth-order valence-electron chi connectivity index (χ4n) is 1.82. The van der Waals surface area contributed by atoms with Gasteiger partial charge in [0, 0.05) is 0 Å². The largest absolute Gasteiger partial charge is 0.267 e.